The molecule has 0 saturated carbocycles. The zero-order valence-electron chi connectivity index (χ0n) is 13.7. The lowest BCUT2D eigenvalue weighted by Crippen LogP contribution is -2.29. The van der Waals surface area contributed by atoms with Crippen molar-refractivity contribution < 1.29 is 4.79 Å². The highest BCUT2D eigenvalue weighted by atomic mass is 32.1. The van der Waals surface area contributed by atoms with Crippen LogP contribution in [0, 0.1) is 6.92 Å². The van der Waals surface area contributed by atoms with Crippen molar-refractivity contribution in [3.8, 4) is 0 Å². The molecule has 3 heterocycles. The van der Waals surface area contributed by atoms with Crippen molar-refractivity contribution >= 4 is 28.2 Å². The molecule has 0 aliphatic carbocycles. The summed E-state index contributed by atoms with van der Waals surface area (Å²) in [5.74, 6) is 1.92. The van der Waals surface area contributed by atoms with Crippen LogP contribution in [0.4, 0.5) is 10.9 Å². The first-order chi connectivity index (χ1) is 11.7. The summed E-state index contributed by atoms with van der Waals surface area (Å²) < 4.78 is 0. The lowest BCUT2D eigenvalue weighted by Gasteiger charge is -2.22. The smallest absolute Gasteiger partial charge is 0.227 e. The third-order valence-corrected chi connectivity index (χ3v) is 4.60. The van der Waals surface area contributed by atoms with Gasteiger partial charge in [-0.25, -0.2) is 15.0 Å². The van der Waals surface area contributed by atoms with E-state index in [2.05, 4.69) is 30.9 Å². The van der Waals surface area contributed by atoms with Gasteiger partial charge in [0.2, 0.25) is 5.91 Å². The lowest BCUT2D eigenvalue weighted by molar-refractivity contribution is -0.115. The molecular weight excluding hydrogens is 324 g/mol. The number of rotatable bonds is 6. The number of carbonyl (C=O) groups is 1. The Balaban J connectivity index is 1.52. The Morgan fingerprint density at radius 1 is 1.46 bits per heavy atom. The minimum Gasteiger partial charge on any atom is -0.369 e. The van der Waals surface area contributed by atoms with Gasteiger partial charge in [0.25, 0.3) is 0 Å². The molecule has 2 aromatic heterocycles. The molecule has 8 heteroatoms. The maximum atomic E-state index is 11.9. The number of piperidine rings is 1. The average molecular weight is 346 g/mol. The number of hydrogen-bond donors (Lipinski definition) is 3. The van der Waals surface area contributed by atoms with Crippen LogP contribution in [-0.2, 0) is 4.79 Å². The van der Waals surface area contributed by atoms with Gasteiger partial charge in [0, 0.05) is 43.1 Å². The van der Waals surface area contributed by atoms with E-state index in [4.69, 9.17) is 0 Å². The molecule has 0 spiro atoms. The molecule has 2 aromatic rings. The van der Waals surface area contributed by atoms with Gasteiger partial charge in [-0.3, -0.25) is 4.79 Å². The highest BCUT2D eigenvalue weighted by molar-refractivity contribution is 7.13. The number of amides is 1. The van der Waals surface area contributed by atoms with Crippen LogP contribution in [0.3, 0.4) is 0 Å². The summed E-state index contributed by atoms with van der Waals surface area (Å²) in [6, 6.07) is 2.00. The number of nitrogens with zero attached hydrogens (tertiary/aromatic N) is 3. The molecule has 0 bridgehead atoms. The summed E-state index contributed by atoms with van der Waals surface area (Å²) >= 11 is 1.41. The van der Waals surface area contributed by atoms with Crippen LogP contribution in [0.1, 0.15) is 36.7 Å². The largest absolute Gasteiger partial charge is 0.369 e. The number of carbonyl (C=O) groups excluding carboxylic acids is 1. The Hall–Kier alpha value is -2.06. The van der Waals surface area contributed by atoms with E-state index >= 15 is 0 Å². The van der Waals surface area contributed by atoms with Gasteiger partial charge < -0.3 is 16.0 Å². The molecule has 1 amide bonds. The molecule has 1 atom stereocenters. The molecule has 1 fully saturated rings. The predicted octanol–water partition coefficient (Wildman–Crippen LogP) is 2.15. The molecule has 128 valence electrons. The standard InChI is InChI=1S/C16H22N6OS/c1-11-20-13(12-3-2-5-17-10-12)9-14(21-11)18-6-4-15(23)22-16-19-7-8-24-16/h7-9,12,17H,2-6,10H2,1H3,(H,18,20,21)(H,19,22,23). The fourth-order valence-corrected chi connectivity index (χ4v) is 3.31. The van der Waals surface area contributed by atoms with E-state index in [0.717, 1.165) is 36.8 Å². The van der Waals surface area contributed by atoms with Crippen molar-refractivity contribution in [2.24, 2.45) is 0 Å². The summed E-state index contributed by atoms with van der Waals surface area (Å²) in [6.07, 6.45) is 4.36. The fourth-order valence-electron chi connectivity index (χ4n) is 2.77. The summed E-state index contributed by atoms with van der Waals surface area (Å²) in [6.45, 7) is 4.47. The van der Waals surface area contributed by atoms with Gasteiger partial charge in [0.05, 0.1) is 5.69 Å². The maximum absolute atomic E-state index is 11.9. The zero-order chi connectivity index (χ0) is 16.8. The minimum atomic E-state index is -0.0556. The zero-order valence-corrected chi connectivity index (χ0v) is 14.5. The van der Waals surface area contributed by atoms with Gasteiger partial charge in [0.1, 0.15) is 11.6 Å². The van der Waals surface area contributed by atoms with Crippen LogP contribution in [0.25, 0.3) is 0 Å². The Morgan fingerprint density at radius 3 is 3.12 bits per heavy atom. The Labute approximate surface area is 145 Å². The highest BCUT2D eigenvalue weighted by Crippen LogP contribution is 2.23. The second-order valence-corrected chi connectivity index (χ2v) is 6.73. The number of aromatic nitrogens is 3. The van der Waals surface area contributed by atoms with Gasteiger partial charge >= 0.3 is 0 Å². The normalized spacial score (nSPS) is 17.5. The van der Waals surface area contributed by atoms with E-state index in [0.29, 0.717) is 24.0 Å². The third-order valence-electron chi connectivity index (χ3n) is 3.91. The minimum absolute atomic E-state index is 0.0556. The molecule has 1 aliphatic heterocycles. The van der Waals surface area contributed by atoms with Gasteiger partial charge in [-0.05, 0) is 26.3 Å². The number of hydrogen-bond acceptors (Lipinski definition) is 7. The molecular formula is C16H22N6OS. The van der Waals surface area contributed by atoms with Gasteiger partial charge in [-0.1, -0.05) is 0 Å². The summed E-state index contributed by atoms with van der Waals surface area (Å²) in [5, 5.41) is 11.9. The first-order valence-electron chi connectivity index (χ1n) is 8.20. The van der Waals surface area contributed by atoms with Crippen molar-refractivity contribution in [1.29, 1.82) is 0 Å². The number of anilines is 2. The first kappa shape index (κ1) is 16.8. The molecule has 1 unspecified atom stereocenters. The summed E-state index contributed by atoms with van der Waals surface area (Å²) in [7, 11) is 0. The first-order valence-corrected chi connectivity index (χ1v) is 9.08. The van der Waals surface area contributed by atoms with Crippen LogP contribution >= 0.6 is 11.3 Å². The Morgan fingerprint density at radius 2 is 2.38 bits per heavy atom. The molecule has 24 heavy (non-hydrogen) atoms. The molecule has 3 N–H and O–H groups in total. The average Bonchev–Trinajstić information content (AvgIpc) is 3.08. The Bertz CT molecular complexity index is 669. The predicted molar refractivity (Wildman–Crippen MR) is 95.5 cm³/mol. The van der Waals surface area contributed by atoms with Crippen molar-refractivity contribution in [2.75, 3.05) is 30.3 Å². The van der Waals surface area contributed by atoms with Crippen LogP contribution in [-0.4, -0.2) is 40.5 Å². The fraction of sp³-hybridized carbons (Fsp3) is 0.500. The molecule has 0 aromatic carbocycles. The topological polar surface area (TPSA) is 91.8 Å². The monoisotopic (exact) mass is 346 g/mol. The van der Waals surface area contributed by atoms with E-state index < -0.39 is 0 Å². The second-order valence-electron chi connectivity index (χ2n) is 5.83. The van der Waals surface area contributed by atoms with Crippen LogP contribution in [0.5, 0.6) is 0 Å². The summed E-state index contributed by atoms with van der Waals surface area (Å²) in [5.41, 5.74) is 1.07. The van der Waals surface area contributed by atoms with E-state index in [9.17, 15) is 4.79 Å². The number of aryl methyl sites for hydroxylation is 1. The van der Waals surface area contributed by atoms with Crippen molar-refractivity contribution in [3.63, 3.8) is 0 Å². The van der Waals surface area contributed by atoms with Crippen molar-refractivity contribution in [2.45, 2.75) is 32.1 Å². The number of thiazole rings is 1. The Kier molecular flexibility index (Phi) is 5.71. The van der Waals surface area contributed by atoms with E-state index in [-0.39, 0.29) is 5.91 Å². The molecule has 0 radical (unpaired) electrons. The van der Waals surface area contributed by atoms with E-state index in [1.165, 1.54) is 17.8 Å². The molecule has 3 rings (SSSR count). The van der Waals surface area contributed by atoms with Gasteiger partial charge in [-0.15, -0.1) is 11.3 Å². The van der Waals surface area contributed by atoms with Crippen LogP contribution in [0.2, 0.25) is 0 Å². The third kappa shape index (κ3) is 4.72. The van der Waals surface area contributed by atoms with Crippen LogP contribution in [0.15, 0.2) is 17.6 Å². The molecule has 7 nitrogen and oxygen atoms in total. The number of nitrogens with one attached hydrogen (secondary N) is 3. The van der Waals surface area contributed by atoms with Gasteiger partial charge in [-0.2, -0.15) is 0 Å². The summed E-state index contributed by atoms with van der Waals surface area (Å²) in [4.78, 5) is 24.9. The van der Waals surface area contributed by atoms with Crippen molar-refractivity contribution in [1.82, 2.24) is 20.3 Å². The molecule has 1 saturated heterocycles. The van der Waals surface area contributed by atoms with Crippen molar-refractivity contribution in [3.05, 3.63) is 29.2 Å². The maximum Gasteiger partial charge on any atom is 0.227 e. The SMILES string of the molecule is Cc1nc(NCCC(=O)Nc2nccs2)cc(C2CCCNC2)n1. The quantitative estimate of drug-likeness (QED) is 0.742. The lowest BCUT2D eigenvalue weighted by atomic mass is 9.96. The van der Waals surface area contributed by atoms with E-state index in [1.807, 2.05) is 18.4 Å². The highest BCUT2D eigenvalue weighted by Gasteiger charge is 2.17. The molecule has 1 aliphatic rings. The van der Waals surface area contributed by atoms with E-state index in [1.54, 1.807) is 6.20 Å². The van der Waals surface area contributed by atoms with Gasteiger partial charge in [0.15, 0.2) is 5.13 Å². The second kappa shape index (κ2) is 8.16. The van der Waals surface area contributed by atoms with Crippen LogP contribution < -0.4 is 16.0 Å².